The lowest BCUT2D eigenvalue weighted by molar-refractivity contribution is -0.137. The number of ether oxygens (including phenoxy) is 1. The number of benzene rings is 1. The molecule has 3 rings (SSSR count). The number of Topliss-reactive ketones (excluding diaryl/α,β-unsaturated/α-hetero) is 1. The molecule has 1 aromatic carbocycles. The number of rotatable bonds is 5. The predicted octanol–water partition coefficient (Wildman–Crippen LogP) is 4.05. The molecule has 2 bridgehead atoms. The van der Waals surface area contributed by atoms with Crippen LogP contribution in [0.3, 0.4) is 0 Å². The van der Waals surface area contributed by atoms with Crippen LogP contribution >= 0.6 is 0 Å². The molecule has 1 aromatic rings. The molecule has 0 aliphatic heterocycles. The minimum Gasteiger partial charge on any atom is -0.491 e. The standard InChI is InChI=1S/C21H29NO3/c1-13(2)25-19-9-5-6-15(12-19)14(3)22-21(24)18-10-16-7-4-8-17(11-18)20(16)23/h5-6,9,12-14,16-18H,4,7-8,10-11H2,1-3H3,(H,22,24)/t14-,16-,17+,18?/m0/s1. The third-order valence-corrected chi connectivity index (χ3v) is 5.51. The van der Waals surface area contributed by atoms with E-state index in [0.29, 0.717) is 5.78 Å². The van der Waals surface area contributed by atoms with Gasteiger partial charge in [-0.2, -0.15) is 0 Å². The highest BCUT2D eigenvalue weighted by molar-refractivity contribution is 5.88. The van der Waals surface area contributed by atoms with Gasteiger partial charge in [-0.1, -0.05) is 18.6 Å². The Kier molecular flexibility index (Phi) is 5.45. The van der Waals surface area contributed by atoms with E-state index >= 15 is 0 Å². The number of amides is 1. The third-order valence-electron chi connectivity index (χ3n) is 5.51. The molecule has 2 aliphatic rings. The van der Waals surface area contributed by atoms with E-state index in [0.717, 1.165) is 43.4 Å². The molecule has 1 N–H and O–H groups in total. The molecule has 0 radical (unpaired) electrons. The number of hydrogen-bond acceptors (Lipinski definition) is 3. The molecule has 2 saturated carbocycles. The van der Waals surface area contributed by atoms with Crippen LogP contribution in [0.25, 0.3) is 0 Å². The van der Waals surface area contributed by atoms with E-state index in [-0.39, 0.29) is 35.8 Å². The van der Waals surface area contributed by atoms with Gasteiger partial charge in [0, 0.05) is 17.8 Å². The molecule has 136 valence electrons. The molecule has 0 spiro atoms. The van der Waals surface area contributed by atoms with Crippen LogP contribution in [0, 0.1) is 17.8 Å². The Hall–Kier alpha value is -1.84. The Morgan fingerprint density at radius 3 is 2.48 bits per heavy atom. The van der Waals surface area contributed by atoms with Gasteiger partial charge in [0.1, 0.15) is 11.5 Å². The molecule has 2 aliphatic carbocycles. The van der Waals surface area contributed by atoms with Gasteiger partial charge in [-0.05, 0) is 64.2 Å². The first-order valence-electron chi connectivity index (χ1n) is 9.54. The fourth-order valence-corrected chi connectivity index (χ4v) is 4.24. The van der Waals surface area contributed by atoms with Crippen molar-refractivity contribution in [2.24, 2.45) is 17.8 Å². The highest BCUT2D eigenvalue weighted by Gasteiger charge is 2.41. The van der Waals surface area contributed by atoms with Crippen LogP contribution in [0.5, 0.6) is 5.75 Å². The zero-order chi connectivity index (χ0) is 18.0. The Labute approximate surface area is 150 Å². The summed E-state index contributed by atoms with van der Waals surface area (Å²) in [6, 6.07) is 7.83. The highest BCUT2D eigenvalue weighted by atomic mass is 16.5. The fraction of sp³-hybridized carbons (Fsp3) is 0.619. The van der Waals surface area contributed by atoms with Crippen molar-refractivity contribution in [1.29, 1.82) is 0 Å². The van der Waals surface area contributed by atoms with Gasteiger partial charge in [-0.3, -0.25) is 9.59 Å². The molecule has 4 heteroatoms. The van der Waals surface area contributed by atoms with Crippen LogP contribution in [-0.2, 0) is 9.59 Å². The Morgan fingerprint density at radius 2 is 1.84 bits per heavy atom. The van der Waals surface area contributed by atoms with Crippen molar-refractivity contribution < 1.29 is 14.3 Å². The monoisotopic (exact) mass is 343 g/mol. The van der Waals surface area contributed by atoms with Crippen molar-refractivity contribution in [2.75, 3.05) is 0 Å². The molecule has 25 heavy (non-hydrogen) atoms. The molecular formula is C21H29NO3. The van der Waals surface area contributed by atoms with E-state index in [1.807, 2.05) is 45.0 Å². The summed E-state index contributed by atoms with van der Waals surface area (Å²) in [4.78, 5) is 24.9. The van der Waals surface area contributed by atoms with Gasteiger partial charge >= 0.3 is 0 Å². The van der Waals surface area contributed by atoms with E-state index in [2.05, 4.69) is 5.32 Å². The summed E-state index contributed by atoms with van der Waals surface area (Å²) >= 11 is 0. The third kappa shape index (κ3) is 4.23. The zero-order valence-electron chi connectivity index (χ0n) is 15.5. The van der Waals surface area contributed by atoms with Crippen molar-refractivity contribution in [3.05, 3.63) is 29.8 Å². The number of hydrogen-bond donors (Lipinski definition) is 1. The van der Waals surface area contributed by atoms with Gasteiger partial charge in [-0.25, -0.2) is 0 Å². The van der Waals surface area contributed by atoms with E-state index in [1.165, 1.54) is 0 Å². The van der Waals surface area contributed by atoms with Gasteiger partial charge < -0.3 is 10.1 Å². The lowest BCUT2D eigenvalue weighted by Gasteiger charge is -2.37. The second-order valence-corrected chi connectivity index (χ2v) is 7.86. The van der Waals surface area contributed by atoms with E-state index in [9.17, 15) is 9.59 Å². The second-order valence-electron chi connectivity index (χ2n) is 7.86. The molecule has 0 heterocycles. The average molecular weight is 343 g/mol. The van der Waals surface area contributed by atoms with Crippen LogP contribution in [-0.4, -0.2) is 17.8 Å². The summed E-state index contributed by atoms with van der Waals surface area (Å²) in [5, 5.41) is 3.14. The van der Waals surface area contributed by atoms with Crippen LogP contribution in [0.4, 0.5) is 0 Å². The van der Waals surface area contributed by atoms with E-state index in [1.54, 1.807) is 0 Å². The van der Waals surface area contributed by atoms with Gasteiger partial charge in [0.2, 0.25) is 5.91 Å². The van der Waals surface area contributed by atoms with Crippen LogP contribution in [0.1, 0.15) is 64.5 Å². The van der Waals surface area contributed by atoms with Crippen LogP contribution in [0.2, 0.25) is 0 Å². The van der Waals surface area contributed by atoms with Gasteiger partial charge in [-0.15, -0.1) is 0 Å². The summed E-state index contributed by atoms with van der Waals surface area (Å²) in [7, 11) is 0. The Morgan fingerprint density at radius 1 is 1.16 bits per heavy atom. The topological polar surface area (TPSA) is 55.4 Å². The summed E-state index contributed by atoms with van der Waals surface area (Å²) in [6.07, 6.45) is 4.63. The molecular weight excluding hydrogens is 314 g/mol. The number of ketones is 1. The molecule has 2 fully saturated rings. The minimum atomic E-state index is -0.0688. The predicted molar refractivity (Wildman–Crippen MR) is 97.3 cm³/mol. The largest absolute Gasteiger partial charge is 0.491 e. The van der Waals surface area contributed by atoms with Crippen molar-refractivity contribution in [2.45, 2.75) is 65.0 Å². The van der Waals surface area contributed by atoms with E-state index in [4.69, 9.17) is 4.74 Å². The average Bonchev–Trinajstić information content (AvgIpc) is 2.54. The maximum Gasteiger partial charge on any atom is 0.223 e. The minimum absolute atomic E-state index is 0.0226. The van der Waals surface area contributed by atoms with Gasteiger partial charge in [0.15, 0.2) is 0 Å². The SMILES string of the molecule is CC(C)Oc1cccc([C@H](C)NC(=O)C2C[C@H]3CCC[C@@H](C2)C3=O)c1. The first-order chi connectivity index (χ1) is 11.9. The normalized spacial score (nSPS) is 27.0. The first kappa shape index (κ1) is 18.0. The molecule has 0 aromatic heterocycles. The van der Waals surface area contributed by atoms with Gasteiger partial charge in [0.05, 0.1) is 12.1 Å². The maximum atomic E-state index is 12.7. The number of carbonyl (C=O) groups excluding carboxylic acids is 2. The summed E-state index contributed by atoms with van der Waals surface area (Å²) in [6.45, 7) is 6.00. The van der Waals surface area contributed by atoms with Crippen LogP contribution in [0.15, 0.2) is 24.3 Å². The molecule has 4 nitrogen and oxygen atoms in total. The van der Waals surface area contributed by atoms with Crippen molar-refractivity contribution in [3.8, 4) is 5.75 Å². The summed E-state index contributed by atoms with van der Waals surface area (Å²) < 4.78 is 5.74. The Bertz CT molecular complexity index is 624. The second kappa shape index (κ2) is 7.59. The van der Waals surface area contributed by atoms with Crippen molar-refractivity contribution >= 4 is 11.7 Å². The number of nitrogens with one attached hydrogen (secondary N) is 1. The number of carbonyl (C=O) groups is 2. The maximum absolute atomic E-state index is 12.7. The molecule has 1 unspecified atom stereocenters. The first-order valence-corrected chi connectivity index (χ1v) is 9.54. The zero-order valence-corrected chi connectivity index (χ0v) is 15.5. The molecule has 4 atom stereocenters. The van der Waals surface area contributed by atoms with E-state index < -0.39 is 0 Å². The number of fused-ring (bicyclic) bond motifs is 2. The molecule has 0 saturated heterocycles. The molecule has 1 amide bonds. The van der Waals surface area contributed by atoms with Crippen LogP contribution < -0.4 is 10.1 Å². The Balaban J connectivity index is 1.62. The smallest absolute Gasteiger partial charge is 0.223 e. The van der Waals surface area contributed by atoms with Crippen molar-refractivity contribution in [3.63, 3.8) is 0 Å². The lowest BCUT2D eigenvalue weighted by atomic mass is 9.67. The summed E-state index contributed by atoms with van der Waals surface area (Å²) in [5.74, 6) is 1.52. The van der Waals surface area contributed by atoms with Gasteiger partial charge in [0.25, 0.3) is 0 Å². The fourth-order valence-electron chi connectivity index (χ4n) is 4.24. The lowest BCUT2D eigenvalue weighted by Crippen LogP contribution is -2.43. The quantitative estimate of drug-likeness (QED) is 0.877. The van der Waals surface area contributed by atoms with Crippen molar-refractivity contribution in [1.82, 2.24) is 5.32 Å². The highest BCUT2D eigenvalue weighted by Crippen LogP contribution is 2.40. The summed E-state index contributed by atoms with van der Waals surface area (Å²) in [5.41, 5.74) is 1.04.